The van der Waals surface area contributed by atoms with Crippen LogP contribution >= 0.6 is 35.0 Å². The van der Waals surface area contributed by atoms with Crippen LogP contribution in [0.1, 0.15) is 41.6 Å². The predicted molar refractivity (Wildman–Crippen MR) is 133 cm³/mol. The highest BCUT2D eigenvalue weighted by atomic mass is 35.5. The highest BCUT2D eigenvalue weighted by molar-refractivity contribution is 7.99. The Balaban J connectivity index is 1.69. The van der Waals surface area contributed by atoms with Crippen LogP contribution in [-0.4, -0.2) is 32.3 Å². The minimum Gasteiger partial charge on any atom is -0.342 e. The zero-order valence-corrected chi connectivity index (χ0v) is 21.1. The van der Waals surface area contributed by atoms with Gasteiger partial charge in [0.25, 0.3) is 5.91 Å². The number of halogens is 2. The molecule has 1 aromatic heterocycles. The SMILES string of the molecule is Cc1c(Cl)cccc1NC(=O)CSc1nnc([C@@H](NC(=O)c2ccccc2Cl)C(C)C)n1C. The van der Waals surface area contributed by atoms with E-state index < -0.39 is 0 Å². The fourth-order valence-corrected chi connectivity index (χ4v) is 4.29. The fraction of sp³-hybridized carbons (Fsp3) is 0.304. The molecule has 0 aliphatic rings. The highest BCUT2D eigenvalue weighted by Gasteiger charge is 2.26. The van der Waals surface area contributed by atoms with Crippen LogP contribution in [0.25, 0.3) is 0 Å². The Morgan fingerprint density at radius 1 is 1.06 bits per heavy atom. The van der Waals surface area contributed by atoms with Gasteiger partial charge in [-0.15, -0.1) is 10.2 Å². The lowest BCUT2D eigenvalue weighted by atomic mass is 10.0. The molecule has 174 valence electrons. The third-order valence-electron chi connectivity index (χ3n) is 5.09. The summed E-state index contributed by atoms with van der Waals surface area (Å²) in [5.74, 6) is 0.330. The summed E-state index contributed by atoms with van der Waals surface area (Å²) < 4.78 is 1.79. The molecule has 2 aromatic carbocycles. The second kappa shape index (κ2) is 11.0. The van der Waals surface area contributed by atoms with Crippen LogP contribution in [0.15, 0.2) is 47.6 Å². The summed E-state index contributed by atoms with van der Waals surface area (Å²) in [6.45, 7) is 5.82. The molecule has 10 heteroatoms. The molecule has 1 atom stereocenters. The Labute approximate surface area is 207 Å². The van der Waals surface area contributed by atoms with Gasteiger partial charge in [0.05, 0.1) is 22.4 Å². The van der Waals surface area contributed by atoms with Crippen molar-refractivity contribution in [3.05, 3.63) is 69.5 Å². The molecule has 0 radical (unpaired) electrons. The van der Waals surface area contributed by atoms with Gasteiger partial charge in [-0.2, -0.15) is 0 Å². The van der Waals surface area contributed by atoms with Gasteiger partial charge in [0.2, 0.25) is 5.91 Å². The van der Waals surface area contributed by atoms with Crippen LogP contribution in [0, 0.1) is 12.8 Å². The number of carbonyl (C=O) groups excluding carboxylic acids is 2. The summed E-state index contributed by atoms with van der Waals surface area (Å²) in [6, 6.07) is 11.9. The van der Waals surface area contributed by atoms with Gasteiger partial charge >= 0.3 is 0 Å². The third kappa shape index (κ3) is 6.07. The molecule has 33 heavy (non-hydrogen) atoms. The van der Waals surface area contributed by atoms with Crippen molar-refractivity contribution in [3.8, 4) is 0 Å². The number of nitrogens with zero attached hydrogens (tertiary/aromatic N) is 3. The Hall–Kier alpha value is -2.55. The monoisotopic (exact) mass is 505 g/mol. The number of carbonyl (C=O) groups is 2. The predicted octanol–water partition coefficient (Wildman–Crippen LogP) is 5.29. The van der Waals surface area contributed by atoms with Crippen LogP contribution in [-0.2, 0) is 11.8 Å². The summed E-state index contributed by atoms with van der Waals surface area (Å²) in [6.07, 6.45) is 0. The number of aromatic nitrogens is 3. The van der Waals surface area contributed by atoms with Crippen LogP contribution in [0.3, 0.4) is 0 Å². The van der Waals surface area contributed by atoms with E-state index in [1.54, 1.807) is 47.0 Å². The maximum Gasteiger partial charge on any atom is 0.253 e. The first-order valence-electron chi connectivity index (χ1n) is 10.3. The first kappa shape index (κ1) is 25.1. The van der Waals surface area contributed by atoms with Gasteiger partial charge in [-0.05, 0) is 42.7 Å². The molecule has 0 unspecified atom stereocenters. The van der Waals surface area contributed by atoms with E-state index in [-0.39, 0.29) is 29.5 Å². The molecule has 0 spiro atoms. The van der Waals surface area contributed by atoms with Gasteiger partial charge in [-0.25, -0.2) is 0 Å². The van der Waals surface area contributed by atoms with Gasteiger partial charge in [0.1, 0.15) is 0 Å². The molecule has 0 bridgehead atoms. The van der Waals surface area contributed by atoms with Crippen molar-refractivity contribution in [2.24, 2.45) is 13.0 Å². The lowest BCUT2D eigenvalue weighted by Gasteiger charge is -2.22. The number of hydrogen-bond donors (Lipinski definition) is 2. The van der Waals surface area contributed by atoms with Crippen molar-refractivity contribution in [2.75, 3.05) is 11.1 Å². The van der Waals surface area contributed by atoms with Crippen LogP contribution in [0.5, 0.6) is 0 Å². The van der Waals surface area contributed by atoms with Crippen molar-refractivity contribution < 1.29 is 9.59 Å². The summed E-state index contributed by atoms with van der Waals surface area (Å²) in [4.78, 5) is 25.2. The van der Waals surface area contributed by atoms with E-state index in [0.29, 0.717) is 32.3 Å². The lowest BCUT2D eigenvalue weighted by molar-refractivity contribution is -0.113. The van der Waals surface area contributed by atoms with Crippen molar-refractivity contribution in [2.45, 2.75) is 32.0 Å². The van der Waals surface area contributed by atoms with Gasteiger partial charge < -0.3 is 15.2 Å². The Kier molecular flexibility index (Phi) is 8.40. The summed E-state index contributed by atoms with van der Waals surface area (Å²) in [5, 5.41) is 15.9. The quantitative estimate of drug-likeness (QED) is 0.406. The molecule has 0 aliphatic heterocycles. The number of hydrogen-bond acceptors (Lipinski definition) is 5. The van der Waals surface area contributed by atoms with Crippen molar-refractivity contribution >= 4 is 52.5 Å². The minimum absolute atomic E-state index is 0.0475. The van der Waals surface area contributed by atoms with Gasteiger partial charge in [-0.1, -0.05) is 67.0 Å². The summed E-state index contributed by atoms with van der Waals surface area (Å²) in [5.41, 5.74) is 1.89. The molecule has 1 heterocycles. The first-order valence-corrected chi connectivity index (χ1v) is 12.1. The fourth-order valence-electron chi connectivity index (χ4n) is 3.18. The molecule has 7 nitrogen and oxygen atoms in total. The van der Waals surface area contributed by atoms with E-state index in [2.05, 4.69) is 20.8 Å². The van der Waals surface area contributed by atoms with E-state index in [1.165, 1.54) is 11.8 Å². The maximum atomic E-state index is 12.8. The molecule has 3 rings (SSSR count). The largest absolute Gasteiger partial charge is 0.342 e. The minimum atomic E-state index is -0.386. The number of benzene rings is 2. The second-order valence-corrected chi connectivity index (χ2v) is 9.58. The van der Waals surface area contributed by atoms with Crippen LogP contribution in [0.4, 0.5) is 5.69 Å². The number of rotatable bonds is 8. The smallest absolute Gasteiger partial charge is 0.253 e. The highest BCUT2D eigenvalue weighted by Crippen LogP contribution is 2.26. The average molecular weight is 506 g/mol. The standard InChI is InChI=1S/C23H25Cl2N5O2S/c1-13(2)20(27-22(32)15-8-5-6-9-17(15)25)21-28-29-23(30(21)4)33-12-19(31)26-18-11-7-10-16(24)14(18)3/h5-11,13,20H,12H2,1-4H3,(H,26,31)(H,27,32)/t20-/m0/s1. The molecule has 0 aliphatic carbocycles. The number of anilines is 1. The Morgan fingerprint density at radius 2 is 1.76 bits per heavy atom. The second-order valence-electron chi connectivity index (χ2n) is 7.82. The molecule has 2 amide bonds. The Bertz CT molecular complexity index is 1170. The zero-order chi connectivity index (χ0) is 24.1. The number of thioether (sulfide) groups is 1. The number of amides is 2. The molecule has 3 aromatic rings. The van der Waals surface area contributed by atoms with Crippen LogP contribution < -0.4 is 10.6 Å². The van der Waals surface area contributed by atoms with Crippen molar-refractivity contribution in [3.63, 3.8) is 0 Å². The number of nitrogens with one attached hydrogen (secondary N) is 2. The molecule has 0 saturated heterocycles. The molecular weight excluding hydrogens is 481 g/mol. The van der Waals surface area contributed by atoms with Crippen molar-refractivity contribution in [1.29, 1.82) is 0 Å². The zero-order valence-electron chi connectivity index (χ0n) is 18.7. The van der Waals surface area contributed by atoms with E-state index >= 15 is 0 Å². The summed E-state index contributed by atoms with van der Waals surface area (Å²) in [7, 11) is 1.81. The van der Waals surface area contributed by atoms with E-state index in [4.69, 9.17) is 23.2 Å². The summed E-state index contributed by atoms with van der Waals surface area (Å²) >= 11 is 13.5. The van der Waals surface area contributed by atoms with Gasteiger partial charge in [0, 0.05) is 17.8 Å². The van der Waals surface area contributed by atoms with E-state index in [9.17, 15) is 9.59 Å². The molecule has 0 saturated carbocycles. The maximum absolute atomic E-state index is 12.8. The van der Waals surface area contributed by atoms with E-state index in [1.807, 2.05) is 27.8 Å². The molecule has 2 N–H and O–H groups in total. The van der Waals surface area contributed by atoms with E-state index in [0.717, 1.165) is 5.56 Å². The normalized spacial score (nSPS) is 12.0. The van der Waals surface area contributed by atoms with Crippen LogP contribution in [0.2, 0.25) is 10.0 Å². The van der Waals surface area contributed by atoms with Gasteiger partial charge in [-0.3, -0.25) is 9.59 Å². The van der Waals surface area contributed by atoms with Crippen molar-refractivity contribution in [1.82, 2.24) is 20.1 Å². The molecular formula is C23H25Cl2N5O2S. The third-order valence-corrected chi connectivity index (χ3v) is 6.85. The van der Waals surface area contributed by atoms with Gasteiger partial charge in [0.15, 0.2) is 11.0 Å². The Morgan fingerprint density at radius 3 is 2.45 bits per heavy atom. The first-order chi connectivity index (χ1) is 15.7. The topological polar surface area (TPSA) is 88.9 Å². The average Bonchev–Trinajstić information content (AvgIpc) is 3.13. The lowest BCUT2D eigenvalue weighted by Crippen LogP contribution is -2.33. The molecule has 0 fully saturated rings.